The van der Waals surface area contributed by atoms with Gasteiger partial charge in [0.25, 0.3) is 0 Å². The number of piperidine rings is 1. The highest BCUT2D eigenvalue weighted by Gasteiger charge is 2.18. The number of aryl methyl sites for hydroxylation is 1. The van der Waals surface area contributed by atoms with Crippen molar-refractivity contribution < 1.29 is 0 Å². The van der Waals surface area contributed by atoms with Crippen LogP contribution >= 0.6 is 11.3 Å². The Kier molecular flexibility index (Phi) is 2.37. The second-order valence-electron chi connectivity index (χ2n) is 3.20. The smallest absolute Gasteiger partial charge is 0.121 e. The van der Waals surface area contributed by atoms with E-state index in [-0.39, 0.29) is 0 Å². The van der Waals surface area contributed by atoms with Gasteiger partial charge in [0.1, 0.15) is 10.0 Å². The van der Waals surface area contributed by atoms with Gasteiger partial charge in [-0.25, -0.2) is 0 Å². The molecule has 1 saturated heterocycles. The third-order valence-corrected chi connectivity index (χ3v) is 3.19. The van der Waals surface area contributed by atoms with Crippen LogP contribution in [0.25, 0.3) is 0 Å². The van der Waals surface area contributed by atoms with Gasteiger partial charge in [-0.3, -0.25) is 0 Å². The summed E-state index contributed by atoms with van der Waals surface area (Å²) in [5.74, 6) is 0.616. The monoisotopic (exact) mass is 183 g/mol. The minimum absolute atomic E-state index is 0.616. The Balaban J connectivity index is 2.08. The van der Waals surface area contributed by atoms with Crippen molar-refractivity contribution in [1.29, 1.82) is 0 Å². The molecule has 12 heavy (non-hydrogen) atoms. The summed E-state index contributed by atoms with van der Waals surface area (Å²) in [5, 5.41) is 13.9. The molecule has 1 N–H and O–H groups in total. The number of hydrogen-bond acceptors (Lipinski definition) is 4. The lowest BCUT2D eigenvalue weighted by molar-refractivity contribution is 0.458. The second-order valence-corrected chi connectivity index (χ2v) is 4.42. The summed E-state index contributed by atoms with van der Waals surface area (Å²) in [5.41, 5.74) is 0. The van der Waals surface area contributed by atoms with E-state index in [1.54, 1.807) is 11.3 Å². The first kappa shape index (κ1) is 8.13. The van der Waals surface area contributed by atoms with Crippen LogP contribution in [0, 0.1) is 6.92 Å². The molecule has 0 spiro atoms. The summed E-state index contributed by atoms with van der Waals surface area (Å²) in [6.07, 6.45) is 2.53. The molecular weight excluding hydrogens is 170 g/mol. The third-order valence-electron chi connectivity index (χ3n) is 2.19. The third kappa shape index (κ3) is 1.64. The Hall–Kier alpha value is -0.480. The number of aromatic nitrogens is 2. The van der Waals surface area contributed by atoms with Crippen LogP contribution in [0.4, 0.5) is 0 Å². The molecule has 4 heteroatoms. The molecule has 3 nitrogen and oxygen atoms in total. The van der Waals surface area contributed by atoms with E-state index in [4.69, 9.17) is 0 Å². The molecule has 0 unspecified atom stereocenters. The van der Waals surface area contributed by atoms with Gasteiger partial charge in [-0.1, -0.05) is 0 Å². The minimum Gasteiger partial charge on any atom is -0.316 e. The van der Waals surface area contributed by atoms with Crippen LogP contribution in [-0.2, 0) is 0 Å². The zero-order valence-electron chi connectivity index (χ0n) is 7.21. The van der Waals surface area contributed by atoms with Crippen molar-refractivity contribution in [3.63, 3.8) is 0 Å². The van der Waals surface area contributed by atoms with Gasteiger partial charge in [0.2, 0.25) is 0 Å². The molecule has 0 amide bonds. The Morgan fingerprint density at radius 3 is 3.00 bits per heavy atom. The van der Waals surface area contributed by atoms with E-state index in [9.17, 15) is 0 Å². The van der Waals surface area contributed by atoms with E-state index in [0.717, 1.165) is 18.1 Å². The van der Waals surface area contributed by atoms with Gasteiger partial charge in [-0.05, 0) is 26.3 Å². The van der Waals surface area contributed by atoms with E-state index in [1.165, 1.54) is 17.8 Å². The first-order valence-electron chi connectivity index (χ1n) is 4.37. The molecular formula is C8H13N3S. The maximum Gasteiger partial charge on any atom is 0.121 e. The maximum atomic E-state index is 4.17. The zero-order valence-corrected chi connectivity index (χ0v) is 8.02. The first-order chi connectivity index (χ1) is 5.86. The summed E-state index contributed by atoms with van der Waals surface area (Å²) in [6, 6.07) is 0. The second kappa shape index (κ2) is 3.49. The fourth-order valence-electron chi connectivity index (χ4n) is 1.54. The predicted molar refractivity (Wildman–Crippen MR) is 49.5 cm³/mol. The highest BCUT2D eigenvalue weighted by atomic mass is 32.1. The first-order valence-corrected chi connectivity index (χ1v) is 5.18. The molecule has 1 fully saturated rings. The van der Waals surface area contributed by atoms with Crippen LogP contribution < -0.4 is 5.32 Å². The predicted octanol–water partition coefficient (Wildman–Crippen LogP) is 1.31. The van der Waals surface area contributed by atoms with Crippen LogP contribution in [0.3, 0.4) is 0 Å². The van der Waals surface area contributed by atoms with Gasteiger partial charge in [-0.15, -0.1) is 21.5 Å². The molecule has 66 valence electrons. The molecule has 0 saturated carbocycles. The highest BCUT2D eigenvalue weighted by Crippen LogP contribution is 2.25. The lowest BCUT2D eigenvalue weighted by atomic mass is 10.0. The molecule has 0 aliphatic carbocycles. The SMILES string of the molecule is Cc1nnc([C@H]2CCCNC2)s1. The van der Waals surface area contributed by atoms with Gasteiger partial charge in [0, 0.05) is 12.5 Å². The lowest BCUT2D eigenvalue weighted by Crippen LogP contribution is -2.28. The maximum absolute atomic E-state index is 4.17. The molecule has 0 radical (unpaired) electrons. The van der Waals surface area contributed by atoms with E-state index in [1.807, 2.05) is 6.92 Å². The molecule has 1 aromatic heterocycles. The van der Waals surface area contributed by atoms with Crippen molar-refractivity contribution in [1.82, 2.24) is 15.5 Å². The zero-order chi connectivity index (χ0) is 8.39. The normalized spacial score (nSPS) is 24.2. The summed E-state index contributed by atoms with van der Waals surface area (Å²) in [4.78, 5) is 0. The molecule has 2 heterocycles. The van der Waals surface area contributed by atoms with Crippen LogP contribution in [0.2, 0.25) is 0 Å². The highest BCUT2D eigenvalue weighted by molar-refractivity contribution is 7.11. The largest absolute Gasteiger partial charge is 0.316 e. The number of nitrogens with one attached hydrogen (secondary N) is 1. The Morgan fingerprint density at radius 1 is 1.50 bits per heavy atom. The van der Waals surface area contributed by atoms with Gasteiger partial charge < -0.3 is 5.32 Å². The van der Waals surface area contributed by atoms with Gasteiger partial charge in [-0.2, -0.15) is 0 Å². The Bertz CT molecular complexity index is 253. The van der Waals surface area contributed by atoms with Crippen LogP contribution in [0.15, 0.2) is 0 Å². The standard InChI is InChI=1S/C8H13N3S/c1-6-10-11-8(12-6)7-3-2-4-9-5-7/h7,9H,2-5H2,1H3/t7-/m0/s1. The van der Waals surface area contributed by atoms with Crippen LogP contribution in [-0.4, -0.2) is 23.3 Å². The molecule has 1 aliphatic heterocycles. The fraction of sp³-hybridized carbons (Fsp3) is 0.750. The quantitative estimate of drug-likeness (QED) is 0.713. The average molecular weight is 183 g/mol. The molecule has 1 aromatic rings. The summed E-state index contributed by atoms with van der Waals surface area (Å²) in [7, 11) is 0. The van der Waals surface area contributed by atoms with Crippen molar-refractivity contribution in [3.05, 3.63) is 10.0 Å². The summed E-state index contributed by atoms with van der Waals surface area (Å²) < 4.78 is 0. The van der Waals surface area contributed by atoms with Crippen molar-refractivity contribution in [2.24, 2.45) is 0 Å². The molecule has 0 bridgehead atoms. The van der Waals surface area contributed by atoms with Crippen molar-refractivity contribution in [2.45, 2.75) is 25.7 Å². The number of hydrogen-bond donors (Lipinski definition) is 1. The van der Waals surface area contributed by atoms with E-state index < -0.39 is 0 Å². The van der Waals surface area contributed by atoms with Gasteiger partial charge in [0.15, 0.2) is 0 Å². The molecule has 0 aromatic carbocycles. The summed E-state index contributed by atoms with van der Waals surface area (Å²) >= 11 is 1.73. The lowest BCUT2D eigenvalue weighted by Gasteiger charge is -2.19. The molecule has 2 rings (SSSR count). The molecule has 1 aliphatic rings. The average Bonchev–Trinajstić information content (AvgIpc) is 2.54. The topological polar surface area (TPSA) is 37.8 Å². The number of nitrogens with zero attached hydrogens (tertiary/aromatic N) is 2. The fourth-order valence-corrected chi connectivity index (χ4v) is 2.37. The van der Waals surface area contributed by atoms with Crippen LogP contribution in [0.1, 0.15) is 28.8 Å². The van der Waals surface area contributed by atoms with Gasteiger partial charge in [0.05, 0.1) is 0 Å². The van der Waals surface area contributed by atoms with Crippen LogP contribution in [0.5, 0.6) is 0 Å². The number of rotatable bonds is 1. The van der Waals surface area contributed by atoms with Crippen molar-refractivity contribution in [2.75, 3.05) is 13.1 Å². The van der Waals surface area contributed by atoms with E-state index >= 15 is 0 Å². The Morgan fingerprint density at radius 2 is 2.42 bits per heavy atom. The van der Waals surface area contributed by atoms with E-state index in [2.05, 4.69) is 15.5 Å². The Labute approximate surface area is 76.2 Å². The van der Waals surface area contributed by atoms with Gasteiger partial charge >= 0.3 is 0 Å². The van der Waals surface area contributed by atoms with E-state index in [0.29, 0.717) is 5.92 Å². The minimum atomic E-state index is 0.616. The van der Waals surface area contributed by atoms with Crippen molar-refractivity contribution in [3.8, 4) is 0 Å². The van der Waals surface area contributed by atoms with Crippen molar-refractivity contribution >= 4 is 11.3 Å². The molecule has 1 atom stereocenters. The summed E-state index contributed by atoms with van der Waals surface area (Å²) in [6.45, 7) is 4.25.